The van der Waals surface area contributed by atoms with Crippen LogP contribution in [-0.4, -0.2) is 43.2 Å². The third-order valence-corrected chi connectivity index (χ3v) is 3.34. The second-order valence-corrected chi connectivity index (χ2v) is 4.76. The quantitative estimate of drug-likeness (QED) is 0.912. The maximum absolute atomic E-state index is 12.1. The molecular weight excluding hydrogens is 252 g/mol. The molecule has 1 fully saturated rings. The van der Waals surface area contributed by atoms with E-state index < -0.39 is 0 Å². The van der Waals surface area contributed by atoms with Crippen molar-refractivity contribution in [1.29, 1.82) is 0 Å². The Kier molecular flexibility index (Phi) is 4.58. The van der Waals surface area contributed by atoms with E-state index in [2.05, 4.69) is 10.2 Å². The van der Waals surface area contributed by atoms with Gasteiger partial charge in [0.1, 0.15) is 0 Å². The van der Waals surface area contributed by atoms with Crippen LogP contribution in [0.15, 0.2) is 24.3 Å². The second-order valence-electron chi connectivity index (χ2n) is 4.32. The molecule has 0 bridgehead atoms. The van der Waals surface area contributed by atoms with E-state index in [9.17, 15) is 4.79 Å². The van der Waals surface area contributed by atoms with E-state index in [1.54, 1.807) is 24.3 Å². The molecule has 0 spiro atoms. The standard InChI is InChI=1S/C13H17ClN2O2/c1-10(16-6-8-18-9-7-16)13(17)15-12-4-2-11(14)3-5-12/h2-5,10H,6-9H2,1H3,(H,15,17). The number of morpholine rings is 1. The summed E-state index contributed by atoms with van der Waals surface area (Å²) in [6.07, 6.45) is 0. The molecule has 1 aliphatic heterocycles. The molecule has 0 aliphatic carbocycles. The van der Waals surface area contributed by atoms with E-state index in [0.717, 1.165) is 18.8 Å². The van der Waals surface area contributed by atoms with Gasteiger partial charge in [-0.1, -0.05) is 11.6 Å². The third kappa shape index (κ3) is 3.45. The Hall–Kier alpha value is -1.10. The van der Waals surface area contributed by atoms with Crippen molar-refractivity contribution in [3.8, 4) is 0 Å². The number of amides is 1. The molecule has 18 heavy (non-hydrogen) atoms. The van der Waals surface area contributed by atoms with E-state index in [1.165, 1.54) is 0 Å². The van der Waals surface area contributed by atoms with Crippen molar-refractivity contribution in [2.45, 2.75) is 13.0 Å². The molecular formula is C13H17ClN2O2. The zero-order valence-electron chi connectivity index (χ0n) is 10.4. The molecule has 2 rings (SSSR count). The molecule has 0 aromatic heterocycles. The molecule has 1 N–H and O–H groups in total. The summed E-state index contributed by atoms with van der Waals surface area (Å²) < 4.78 is 5.27. The molecule has 4 nitrogen and oxygen atoms in total. The zero-order valence-corrected chi connectivity index (χ0v) is 11.1. The second kappa shape index (κ2) is 6.18. The molecule has 1 saturated heterocycles. The van der Waals surface area contributed by atoms with E-state index in [-0.39, 0.29) is 11.9 Å². The van der Waals surface area contributed by atoms with E-state index >= 15 is 0 Å². The SMILES string of the molecule is CC(C(=O)Nc1ccc(Cl)cc1)N1CCOCC1. The van der Waals surface area contributed by atoms with Crippen LogP contribution in [0.3, 0.4) is 0 Å². The van der Waals surface area contributed by atoms with Crippen LogP contribution in [0.1, 0.15) is 6.92 Å². The molecule has 1 aromatic rings. The average Bonchev–Trinajstić information content (AvgIpc) is 2.41. The smallest absolute Gasteiger partial charge is 0.241 e. The lowest BCUT2D eigenvalue weighted by molar-refractivity contribution is -0.122. The number of nitrogens with zero attached hydrogens (tertiary/aromatic N) is 1. The third-order valence-electron chi connectivity index (χ3n) is 3.08. The van der Waals surface area contributed by atoms with Gasteiger partial charge in [-0.2, -0.15) is 0 Å². The minimum Gasteiger partial charge on any atom is -0.379 e. The highest BCUT2D eigenvalue weighted by Gasteiger charge is 2.22. The number of anilines is 1. The number of nitrogens with one attached hydrogen (secondary N) is 1. The van der Waals surface area contributed by atoms with Crippen molar-refractivity contribution < 1.29 is 9.53 Å². The highest BCUT2D eigenvalue weighted by atomic mass is 35.5. The van der Waals surface area contributed by atoms with Gasteiger partial charge in [-0.3, -0.25) is 9.69 Å². The molecule has 0 radical (unpaired) electrons. The average molecular weight is 269 g/mol. The van der Waals surface area contributed by atoms with Gasteiger partial charge in [0.15, 0.2) is 0 Å². The van der Waals surface area contributed by atoms with Crippen molar-refractivity contribution in [3.63, 3.8) is 0 Å². The summed E-state index contributed by atoms with van der Waals surface area (Å²) in [4.78, 5) is 14.2. The van der Waals surface area contributed by atoms with Crippen molar-refractivity contribution >= 4 is 23.2 Å². The number of carbonyl (C=O) groups excluding carboxylic acids is 1. The predicted octanol–water partition coefficient (Wildman–Crippen LogP) is 2.00. The van der Waals surface area contributed by atoms with Crippen molar-refractivity contribution in [3.05, 3.63) is 29.3 Å². The topological polar surface area (TPSA) is 41.6 Å². The Labute approximate surface area is 112 Å². The highest BCUT2D eigenvalue weighted by Crippen LogP contribution is 2.14. The van der Waals surface area contributed by atoms with Crippen LogP contribution in [0.2, 0.25) is 5.02 Å². The van der Waals surface area contributed by atoms with Gasteiger partial charge in [0.25, 0.3) is 0 Å². The normalized spacial score (nSPS) is 18.3. The van der Waals surface area contributed by atoms with E-state index in [4.69, 9.17) is 16.3 Å². The van der Waals surface area contributed by atoms with Gasteiger partial charge in [0.2, 0.25) is 5.91 Å². The molecule has 1 heterocycles. The largest absolute Gasteiger partial charge is 0.379 e. The Morgan fingerprint density at radius 2 is 1.94 bits per heavy atom. The number of hydrogen-bond donors (Lipinski definition) is 1. The number of rotatable bonds is 3. The van der Waals surface area contributed by atoms with Crippen LogP contribution >= 0.6 is 11.6 Å². The first-order valence-electron chi connectivity index (χ1n) is 6.05. The van der Waals surface area contributed by atoms with Gasteiger partial charge in [-0.25, -0.2) is 0 Å². The first-order chi connectivity index (χ1) is 8.66. The predicted molar refractivity (Wildman–Crippen MR) is 71.9 cm³/mol. The van der Waals surface area contributed by atoms with Gasteiger partial charge in [-0.05, 0) is 31.2 Å². The summed E-state index contributed by atoms with van der Waals surface area (Å²) in [6.45, 7) is 4.90. The van der Waals surface area contributed by atoms with Crippen molar-refractivity contribution in [2.24, 2.45) is 0 Å². The maximum Gasteiger partial charge on any atom is 0.241 e. The minimum atomic E-state index is -0.149. The number of hydrogen-bond acceptors (Lipinski definition) is 3. The van der Waals surface area contributed by atoms with Gasteiger partial charge in [0.05, 0.1) is 19.3 Å². The number of halogens is 1. The minimum absolute atomic E-state index is 0.000720. The highest BCUT2D eigenvalue weighted by molar-refractivity contribution is 6.30. The molecule has 1 aliphatic rings. The fourth-order valence-corrected chi connectivity index (χ4v) is 2.04. The lowest BCUT2D eigenvalue weighted by Gasteiger charge is -2.31. The molecule has 0 saturated carbocycles. The maximum atomic E-state index is 12.1. The van der Waals surface area contributed by atoms with E-state index in [1.807, 2.05) is 6.92 Å². The lowest BCUT2D eigenvalue weighted by Crippen LogP contribution is -2.47. The fraction of sp³-hybridized carbons (Fsp3) is 0.462. The molecule has 1 unspecified atom stereocenters. The summed E-state index contributed by atoms with van der Waals surface area (Å²) in [6, 6.07) is 6.97. The van der Waals surface area contributed by atoms with Gasteiger partial charge in [-0.15, -0.1) is 0 Å². The fourth-order valence-electron chi connectivity index (χ4n) is 1.91. The van der Waals surface area contributed by atoms with Crippen LogP contribution in [0.5, 0.6) is 0 Å². The van der Waals surface area contributed by atoms with Gasteiger partial charge >= 0.3 is 0 Å². The summed E-state index contributed by atoms with van der Waals surface area (Å²) in [5, 5.41) is 3.55. The zero-order chi connectivity index (χ0) is 13.0. The summed E-state index contributed by atoms with van der Waals surface area (Å²) in [7, 11) is 0. The van der Waals surface area contributed by atoms with Gasteiger partial charge in [0, 0.05) is 23.8 Å². The van der Waals surface area contributed by atoms with E-state index in [0.29, 0.717) is 18.2 Å². The molecule has 1 atom stereocenters. The number of benzene rings is 1. The Morgan fingerprint density at radius 1 is 1.33 bits per heavy atom. The first kappa shape index (κ1) is 13.3. The number of carbonyl (C=O) groups is 1. The van der Waals surface area contributed by atoms with Gasteiger partial charge < -0.3 is 10.1 Å². The monoisotopic (exact) mass is 268 g/mol. The molecule has 98 valence electrons. The molecule has 5 heteroatoms. The van der Waals surface area contributed by atoms with Crippen LogP contribution in [0, 0.1) is 0 Å². The Morgan fingerprint density at radius 3 is 2.56 bits per heavy atom. The van der Waals surface area contributed by atoms with Crippen LogP contribution in [-0.2, 0) is 9.53 Å². The van der Waals surface area contributed by atoms with Crippen LogP contribution in [0.25, 0.3) is 0 Å². The molecule has 1 amide bonds. The lowest BCUT2D eigenvalue weighted by atomic mass is 10.2. The summed E-state index contributed by atoms with van der Waals surface area (Å²) in [5.41, 5.74) is 0.768. The number of ether oxygens (including phenoxy) is 1. The molecule has 1 aromatic carbocycles. The van der Waals surface area contributed by atoms with Crippen LogP contribution in [0.4, 0.5) is 5.69 Å². The van der Waals surface area contributed by atoms with Crippen molar-refractivity contribution in [1.82, 2.24) is 4.90 Å². The van der Waals surface area contributed by atoms with Crippen molar-refractivity contribution in [2.75, 3.05) is 31.6 Å². The Balaban J connectivity index is 1.92. The van der Waals surface area contributed by atoms with Crippen LogP contribution < -0.4 is 5.32 Å². The summed E-state index contributed by atoms with van der Waals surface area (Å²) in [5.74, 6) is -0.000720. The first-order valence-corrected chi connectivity index (χ1v) is 6.43. The Bertz CT molecular complexity index is 402. The summed E-state index contributed by atoms with van der Waals surface area (Å²) >= 11 is 5.80.